The summed E-state index contributed by atoms with van der Waals surface area (Å²) in [7, 11) is 0. The van der Waals surface area contributed by atoms with Gasteiger partial charge in [0.25, 0.3) is 0 Å². The summed E-state index contributed by atoms with van der Waals surface area (Å²) in [5.41, 5.74) is 2.18. The summed E-state index contributed by atoms with van der Waals surface area (Å²) < 4.78 is 0. The van der Waals surface area contributed by atoms with Crippen molar-refractivity contribution in [1.29, 1.82) is 5.26 Å². The van der Waals surface area contributed by atoms with Crippen LogP contribution in [0.1, 0.15) is 5.56 Å². The van der Waals surface area contributed by atoms with Gasteiger partial charge in [0.1, 0.15) is 6.04 Å². The molecule has 1 aromatic carbocycles. The maximum Gasteiger partial charge on any atom is 0.133 e. The predicted octanol–water partition coefficient (Wildman–Crippen LogP) is 2.02. The molecule has 2 rings (SSSR count). The molecule has 58 valence electrons. The zero-order valence-electron chi connectivity index (χ0n) is 6.49. The summed E-state index contributed by atoms with van der Waals surface area (Å²) in [5, 5.41) is 11.8. The highest BCUT2D eigenvalue weighted by Gasteiger charge is 2.09. The average molecular weight is 156 g/mol. The SMILES string of the molecule is N#CC1C=Cc2ccccc2N1. The van der Waals surface area contributed by atoms with Crippen LogP contribution in [-0.4, -0.2) is 6.04 Å². The normalized spacial score (nSPS) is 19.1. The maximum absolute atomic E-state index is 8.65. The van der Waals surface area contributed by atoms with Crippen molar-refractivity contribution in [3.05, 3.63) is 35.9 Å². The minimum atomic E-state index is -0.181. The molecule has 1 N–H and O–H groups in total. The molecule has 0 saturated heterocycles. The molecular weight excluding hydrogens is 148 g/mol. The molecule has 1 aliphatic heterocycles. The van der Waals surface area contributed by atoms with Gasteiger partial charge in [0.2, 0.25) is 0 Å². The number of benzene rings is 1. The Bertz CT molecular complexity index is 360. The number of para-hydroxylation sites is 1. The van der Waals surface area contributed by atoms with Gasteiger partial charge in [0.15, 0.2) is 0 Å². The molecule has 2 heteroatoms. The fraction of sp³-hybridized carbons (Fsp3) is 0.100. The molecule has 0 saturated carbocycles. The highest BCUT2D eigenvalue weighted by Crippen LogP contribution is 2.21. The minimum Gasteiger partial charge on any atom is -0.366 e. The largest absolute Gasteiger partial charge is 0.366 e. The highest BCUT2D eigenvalue weighted by molar-refractivity contribution is 5.71. The molecule has 0 bridgehead atoms. The van der Waals surface area contributed by atoms with Gasteiger partial charge in [-0.2, -0.15) is 5.26 Å². The van der Waals surface area contributed by atoms with E-state index >= 15 is 0 Å². The predicted molar refractivity (Wildman–Crippen MR) is 48.5 cm³/mol. The number of nitrogens with one attached hydrogen (secondary N) is 1. The topological polar surface area (TPSA) is 35.8 Å². The van der Waals surface area contributed by atoms with Crippen molar-refractivity contribution in [1.82, 2.24) is 0 Å². The zero-order valence-corrected chi connectivity index (χ0v) is 6.49. The van der Waals surface area contributed by atoms with E-state index in [1.807, 2.05) is 36.4 Å². The summed E-state index contributed by atoms with van der Waals surface area (Å²) >= 11 is 0. The van der Waals surface area contributed by atoms with Crippen LogP contribution in [0.4, 0.5) is 5.69 Å². The maximum atomic E-state index is 8.65. The van der Waals surface area contributed by atoms with E-state index < -0.39 is 0 Å². The van der Waals surface area contributed by atoms with Crippen molar-refractivity contribution in [2.24, 2.45) is 0 Å². The first kappa shape index (κ1) is 6.93. The Morgan fingerprint density at radius 3 is 3.00 bits per heavy atom. The van der Waals surface area contributed by atoms with E-state index in [0.717, 1.165) is 11.3 Å². The number of anilines is 1. The van der Waals surface area contributed by atoms with Crippen LogP contribution in [0.2, 0.25) is 0 Å². The van der Waals surface area contributed by atoms with E-state index in [4.69, 9.17) is 5.26 Å². The second-order valence-electron chi connectivity index (χ2n) is 2.70. The summed E-state index contributed by atoms with van der Waals surface area (Å²) in [6.07, 6.45) is 3.84. The van der Waals surface area contributed by atoms with Gasteiger partial charge < -0.3 is 5.32 Å². The molecule has 1 aliphatic rings. The lowest BCUT2D eigenvalue weighted by molar-refractivity contribution is 1.11. The smallest absolute Gasteiger partial charge is 0.133 e. The van der Waals surface area contributed by atoms with Gasteiger partial charge >= 0.3 is 0 Å². The van der Waals surface area contributed by atoms with Crippen molar-refractivity contribution in [2.75, 3.05) is 5.32 Å². The van der Waals surface area contributed by atoms with Crippen molar-refractivity contribution >= 4 is 11.8 Å². The molecular formula is C10H8N2. The van der Waals surface area contributed by atoms with Crippen LogP contribution in [-0.2, 0) is 0 Å². The van der Waals surface area contributed by atoms with Gasteiger partial charge in [-0.1, -0.05) is 24.3 Å². The van der Waals surface area contributed by atoms with E-state index in [9.17, 15) is 0 Å². The zero-order chi connectivity index (χ0) is 8.39. The van der Waals surface area contributed by atoms with Crippen LogP contribution in [0.25, 0.3) is 6.08 Å². The molecule has 0 spiro atoms. The van der Waals surface area contributed by atoms with Gasteiger partial charge in [0, 0.05) is 5.69 Å². The van der Waals surface area contributed by atoms with Crippen molar-refractivity contribution < 1.29 is 0 Å². The van der Waals surface area contributed by atoms with E-state index in [2.05, 4.69) is 11.4 Å². The summed E-state index contributed by atoms with van der Waals surface area (Å²) in [6.45, 7) is 0. The third kappa shape index (κ3) is 1.06. The van der Waals surface area contributed by atoms with E-state index in [-0.39, 0.29) is 6.04 Å². The van der Waals surface area contributed by atoms with Gasteiger partial charge in [-0.3, -0.25) is 0 Å². The van der Waals surface area contributed by atoms with Gasteiger partial charge in [0.05, 0.1) is 6.07 Å². The first-order valence-corrected chi connectivity index (χ1v) is 3.83. The van der Waals surface area contributed by atoms with Crippen LogP contribution in [0, 0.1) is 11.3 Å². The number of hydrogen-bond donors (Lipinski definition) is 1. The molecule has 0 amide bonds. The molecule has 12 heavy (non-hydrogen) atoms. The Balaban J connectivity index is 2.41. The Hall–Kier alpha value is -1.75. The molecule has 1 aromatic rings. The fourth-order valence-corrected chi connectivity index (χ4v) is 1.26. The molecule has 0 fully saturated rings. The molecule has 1 atom stereocenters. The van der Waals surface area contributed by atoms with E-state index in [1.165, 1.54) is 0 Å². The average Bonchev–Trinajstić information content (AvgIpc) is 2.17. The first-order chi connectivity index (χ1) is 5.90. The molecule has 2 nitrogen and oxygen atoms in total. The van der Waals surface area contributed by atoms with Crippen LogP contribution in [0.3, 0.4) is 0 Å². The highest BCUT2D eigenvalue weighted by atomic mass is 14.9. The van der Waals surface area contributed by atoms with Crippen LogP contribution < -0.4 is 5.32 Å². The summed E-state index contributed by atoms with van der Waals surface area (Å²) in [6, 6.07) is 9.90. The van der Waals surface area contributed by atoms with Crippen molar-refractivity contribution in [3.63, 3.8) is 0 Å². The quantitative estimate of drug-likeness (QED) is 0.623. The van der Waals surface area contributed by atoms with E-state index in [1.54, 1.807) is 0 Å². The number of nitriles is 1. The molecule has 0 aliphatic carbocycles. The number of nitrogens with zero attached hydrogens (tertiary/aromatic N) is 1. The van der Waals surface area contributed by atoms with Gasteiger partial charge in [-0.15, -0.1) is 0 Å². The molecule has 0 radical (unpaired) electrons. The third-order valence-electron chi connectivity index (χ3n) is 1.88. The second kappa shape index (κ2) is 2.71. The first-order valence-electron chi connectivity index (χ1n) is 3.83. The number of rotatable bonds is 0. The lowest BCUT2D eigenvalue weighted by Crippen LogP contribution is -2.17. The van der Waals surface area contributed by atoms with Gasteiger partial charge in [-0.05, 0) is 17.7 Å². The minimum absolute atomic E-state index is 0.181. The summed E-state index contributed by atoms with van der Waals surface area (Å²) in [5.74, 6) is 0. The van der Waals surface area contributed by atoms with Crippen LogP contribution in [0.15, 0.2) is 30.3 Å². The number of fused-ring (bicyclic) bond motifs is 1. The second-order valence-corrected chi connectivity index (χ2v) is 2.70. The fourth-order valence-electron chi connectivity index (χ4n) is 1.26. The van der Waals surface area contributed by atoms with Crippen LogP contribution in [0.5, 0.6) is 0 Å². The molecule has 0 aromatic heterocycles. The lowest BCUT2D eigenvalue weighted by atomic mass is 10.1. The Labute approximate surface area is 71.1 Å². The monoisotopic (exact) mass is 156 g/mol. The van der Waals surface area contributed by atoms with Crippen molar-refractivity contribution in [2.45, 2.75) is 6.04 Å². The number of hydrogen-bond acceptors (Lipinski definition) is 2. The van der Waals surface area contributed by atoms with Gasteiger partial charge in [-0.25, -0.2) is 0 Å². The van der Waals surface area contributed by atoms with E-state index in [0.29, 0.717) is 0 Å². The molecule has 1 heterocycles. The third-order valence-corrected chi connectivity index (χ3v) is 1.88. The Morgan fingerprint density at radius 1 is 1.33 bits per heavy atom. The van der Waals surface area contributed by atoms with Crippen LogP contribution >= 0.6 is 0 Å². The van der Waals surface area contributed by atoms with Crippen molar-refractivity contribution in [3.8, 4) is 6.07 Å². The summed E-state index contributed by atoms with van der Waals surface area (Å²) in [4.78, 5) is 0. The standard InChI is InChI=1S/C10H8N2/c11-7-9-6-5-8-3-1-2-4-10(8)12-9/h1-6,9,12H. The molecule has 1 unspecified atom stereocenters. The lowest BCUT2D eigenvalue weighted by Gasteiger charge is -2.16. The Morgan fingerprint density at radius 2 is 2.17 bits per heavy atom. The Kier molecular flexibility index (Phi) is 1.56.